The molecule has 1 aromatic carbocycles. The standard InChI is InChI=1S/C8H8N2O6S2/c9-10-7-1-3-8(4-2-7)17(11,12)6-5-16-18(13,14)15/h1-4H,5-6H2/p+1. The molecule has 0 amide bonds. The highest BCUT2D eigenvalue weighted by Gasteiger charge is 2.17. The Hall–Kier alpha value is -1.54. The molecule has 1 aromatic rings. The van der Waals surface area contributed by atoms with Crippen molar-refractivity contribution in [3.63, 3.8) is 0 Å². The molecule has 0 atom stereocenters. The predicted molar refractivity (Wildman–Crippen MR) is 60.7 cm³/mol. The van der Waals surface area contributed by atoms with Crippen molar-refractivity contribution < 1.29 is 25.6 Å². The van der Waals surface area contributed by atoms with Crippen molar-refractivity contribution >= 4 is 25.9 Å². The number of hydrogen-bond donors (Lipinski definition) is 1. The molecule has 1 rings (SSSR count). The summed E-state index contributed by atoms with van der Waals surface area (Å²) in [4.78, 5) is 2.78. The van der Waals surface area contributed by atoms with Gasteiger partial charge in [-0.3, -0.25) is 4.55 Å². The van der Waals surface area contributed by atoms with Crippen LogP contribution < -0.4 is 0 Å². The van der Waals surface area contributed by atoms with Crippen molar-refractivity contribution in [1.29, 1.82) is 5.39 Å². The molecule has 0 saturated carbocycles. The van der Waals surface area contributed by atoms with Gasteiger partial charge in [-0.2, -0.15) is 8.42 Å². The van der Waals surface area contributed by atoms with Gasteiger partial charge in [0, 0.05) is 12.1 Å². The summed E-state index contributed by atoms with van der Waals surface area (Å²) in [5.74, 6) is -0.609. The van der Waals surface area contributed by atoms with E-state index in [1.54, 1.807) is 0 Å². The van der Waals surface area contributed by atoms with Gasteiger partial charge in [-0.25, -0.2) is 12.6 Å². The van der Waals surface area contributed by atoms with E-state index in [1.165, 1.54) is 24.3 Å². The van der Waals surface area contributed by atoms with Crippen LogP contribution in [0.15, 0.2) is 29.2 Å². The van der Waals surface area contributed by atoms with Crippen molar-refractivity contribution in [2.75, 3.05) is 12.4 Å². The zero-order valence-electron chi connectivity index (χ0n) is 8.92. The lowest BCUT2D eigenvalue weighted by Crippen LogP contribution is -2.15. The summed E-state index contributed by atoms with van der Waals surface area (Å²) in [6.45, 7) is -0.687. The molecule has 98 valence electrons. The van der Waals surface area contributed by atoms with Crippen LogP contribution in [-0.2, 0) is 24.4 Å². The zero-order chi connectivity index (χ0) is 13.8. The van der Waals surface area contributed by atoms with Gasteiger partial charge in [0.1, 0.15) is 0 Å². The fourth-order valence-corrected chi connectivity index (χ4v) is 2.58. The van der Waals surface area contributed by atoms with E-state index in [1.807, 2.05) is 0 Å². The van der Waals surface area contributed by atoms with E-state index in [2.05, 4.69) is 9.16 Å². The van der Waals surface area contributed by atoms with E-state index in [9.17, 15) is 16.8 Å². The van der Waals surface area contributed by atoms with Crippen molar-refractivity contribution in [3.8, 4) is 0 Å². The fraction of sp³-hybridized carbons (Fsp3) is 0.250. The van der Waals surface area contributed by atoms with Gasteiger partial charge in [0.05, 0.1) is 17.3 Å². The van der Waals surface area contributed by atoms with Crippen LogP contribution in [0, 0.1) is 5.39 Å². The Morgan fingerprint density at radius 2 is 1.72 bits per heavy atom. The van der Waals surface area contributed by atoms with Gasteiger partial charge in [0.2, 0.25) is 5.39 Å². The Morgan fingerprint density at radius 1 is 1.17 bits per heavy atom. The first kappa shape index (κ1) is 14.5. The summed E-state index contributed by atoms with van der Waals surface area (Å²) in [5.41, 5.74) is 0.183. The summed E-state index contributed by atoms with van der Waals surface area (Å²) >= 11 is 0. The van der Waals surface area contributed by atoms with Gasteiger partial charge < -0.3 is 0 Å². The molecule has 0 saturated heterocycles. The number of benzene rings is 1. The van der Waals surface area contributed by atoms with E-state index in [0.717, 1.165) is 0 Å². The summed E-state index contributed by atoms with van der Waals surface area (Å²) in [5, 5.41) is 8.42. The molecule has 1 N–H and O–H groups in total. The summed E-state index contributed by atoms with van der Waals surface area (Å²) in [6, 6.07) is 4.96. The molecule has 0 radical (unpaired) electrons. The molecule has 0 bridgehead atoms. The minimum absolute atomic E-state index is 0.0752. The van der Waals surface area contributed by atoms with Crippen molar-refractivity contribution in [1.82, 2.24) is 0 Å². The van der Waals surface area contributed by atoms with E-state index < -0.39 is 32.6 Å². The van der Waals surface area contributed by atoms with E-state index >= 15 is 0 Å². The quantitative estimate of drug-likeness (QED) is 0.627. The van der Waals surface area contributed by atoms with Crippen LogP contribution in [0.25, 0.3) is 4.98 Å². The molecule has 10 heteroatoms. The number of diazo groups is 1. The van der Waals surface area contributed by atoms with Gasteiger partial charge in [-0.1, -0.05) is 0 Å². The highest BCUT2D eigenvalue weighted by atomic mass is 32.3. The Labute approximate surface area is 104 Å². The molecule has 0 fully saturated rings. The normalized spacial score (nSPS) is 12.0. The lowest BCUT2D eigenvalue weighted by Gasteiger charge is -2.02. The second kappa shape index (κ2) is 5.40. The van der Waals surface area contributed by atoms with Crippen LogP contribution in [0.1, 0.15) is 0 Å². The highest BCUT2D eigenvalue weighted by molar-refractivity contribution is 7.91. The maximum atomic E-state index is 11.7. The Balaban J connectivity index is 2.78. The second-order valence-corrected chi connectivity index (χ2v) is 6.36. The lowest BCUT2D eigenvalue weighted by atomic mass is 10.3. The summed E-state index contributed by atoms with van der Waals surface area (Å²) < 4.78 is 56.0. The third-order valence-corrected chi connectivity index (χ3v) is 4.05. The molecular weight excluding hydrogens is 284 g/mol. The number of hydrogen-bond acceptors (Lipinski definition) is 6. The van der Waals surface area contributed by atoms with E-state index in [0.29, 0.717) is 0 Å². The van der Waals surface area contributed by atoms with Gasteiger partial charge in [-0.05, 0) is 12.1 Å². The molecular formula is C8H9N2O6S2+. The molecule has 0 aromatic heterocycles. The van der Waals surface area contributed by atoms with E-state index in [-0.39, 0.29) is 10.6 Å². The van der Waals surface area contributed by atoms with Gasteiger partial charge >= 0.3 is 16.1 Å². The SMILES string of the molecule is N#[N+]c1ccc(S(=O)(=O)CCOS(=O)(=O)O)cc1. The van der Waals surface area contributed by atoms with E-state index in [4.69, 9.17) is 9.95 Å². The molecule has 18 heavy (non-hydrogen) atoms. The monoisotopic (exact) mass is 293 g/mol. The average Bonchev–Trinajstić information content (AvgIpc) is 2.27. The maximum absolute atomic E-state index is 11.7. The molecule has 0 aliphatic rings. The minimum atomic E-state index is -4.65. The fourth-order valence-electron chi connectivity index (χ4n) is 1.09. The van der Waals surface area contributed by atoms with Crippen molar-refractivity contribution in [2.45, 2.75) is 4.90 Å². The molecule has 0 aliphatic heterocycles. The summed E-state index contributed by atoms with van der Waals surface area (Å²) in [6.07, 6.45) is 0. The first-order valence-corrected chi connectivity index (χ1v) is 7.56. The van der Waals surface area contributed by atoms with Crippen molar-refractivity contribution in [2.24, 2.45) is 0 Å². The Kier molecular flexibility index (Phi) is 4.36. The van der Waals surface area contributed by atoms with Crippen LogP contribution >= 0.6 is 0 Å². The Morgan fingerprint density at radius 3 is 2.17 bits per heavy atom. The van der Waals surface area contributed by atoms with Gasteiger partial charge in [0.15, 0.2) is 14.8 Å². The minimum Gasteiger partial charge on any atom is -0.264 e. The molecule has 0 spiro atoms. The van der Waals surface area contributed by atoms with Crippen LogP contribution in [0.2, 0.25) is 0 Å². The second-order valence-electron chi connectivity index (χ2n) is 3.16. The first-order chi connectivity index (χ1) is 8.24. The third-order valence-electron chi connectivity index (χ3n) is 1.90. The highest BCUT2D eigenvalue weighted by Crippen LogP contribution is 2.17. The molecule has 0 unspecified atom stereocenters. The topological polar surface area (TPSA) is 126 Å². The largest absolute Gasteiger partial charge is 0.397 e. The third kappa shape index (κ3) is 4.38. The zero-order valence-corrected chi connectivity index (χ0v) is 10.6. The van der Waals surface area contributed by atoms with Gasteiger partial charge in [0.25, 0.3) is 0 Å². The van der Waals surface area contributed by atoms with Crippen molar-refractivity contribution in [3.05, 3.63) is 29.2 Å². The molecule has 0 heterocycles. The van der Waals surface area contributed by atoms with Gasteiger partial charge in [-0.15, -0.1) is 0 Å². The number of rotatable bonds is 5. The van der Waals surface area contributed by atoms with Crippen LogP contribution in [0.4, 0.5) is 5.69 Å². The molecule has 0 aliphatic carbocycles. The van der Waals surface area contributed by atoms with Crippen LogP contribution in [-0.4, -0.2) is 33.7 Å². The average molecular weight is 293 g/mol. The predicted octanol–water partition coefficient (Wildman–Crippen LogP) is 0.764. The lowest BCUT2D eigenvalue weighted by molar-refractivity contribution is 0.284. The number of sulfone groups is 1. The Bertz CT molecular complexity index is 657. The molecule has 8 nitrogen and oxygen atoms in total. The first-order valence-electron chi connectivity index (χ1n) is 4.54. The summed E-state index contributed by atoms with van der Waals surface area (Å²) in [7, 11) is -8.38. The van der Waals surface area contributed by atoms with Crippen LogP contribution in [0.5, 0.6) is 0 Å². The van der Waals surface area contributed by atoms with Crippen LogP contribution in [0.3, 0.4) is 0 Å². The smallest absolute Gasteiger partial charge is 0.264 e. The number of nitrogens with zero attached hydrogens (tertiary/aromatic N) is 2. The maximum Gasteiger partial charge on any atom is 0.397 e.